The van der Waals surface area contributed by atoms with Crippen LogP contribution in [0.15, 0.2) is 28.7 Å². The molecule has 114 valence electrons. The number of likely N-dealkylation sites (N-methyl/N-ethyl adjacent to an activating group) is 1. The predicted octanol–water partition coefficient (Wildman–Crippen LogP) is 4.84. The van der Waals surface area contributed by atoms with Crippen LogP contribution in [-0.2, 0) is 18.4 Å². The number of benzene rings is 1. The summed E-state index contributed by atoms with van der Waals surface area (Å²) >= 11 is 5.32. The molecule has 1 heterocycles. The molecule has 1 aromatic heterocycles. The Balaban J connectivity index is 2.32. The average Bonchev–Trinajstić information content (AvgIpc) is 2.84. The van der Waals surface area contributed by atoms with Gasteiger partial charge < -0.3 is 5.32 Å². The van der Waals surface area contributed by atoms with Crippen molar-refractivity contribution in [2.24, 2.45) is 0 Å². The maximum Gasteiger partial charge on any atom is 0.113 e. The lowest BCUT2D eigenvalue weighted by molar-refractivity contribution is 0.371. The minimum absolute atomic E-state index is 0.106. The Morgan fingerprint density at radius 2 is 1.90 bits per heavy atom. The first-order chi connectivity index (χ1) is 9.98. The lowest BCUT2D eigenvalue weighted by Crippen LogP contribution is -2.41. The van der Waals surface area contributed by atoms with E-state index in [1.807, 2.05) is 11.3 Å². The summed E-state index contributed by atoms with van der Waals surface area (Å²) in [5, 5.41) is 4.84. The van der Waals surface area contributed by atoms with Crippen molar-refractivity contribution in [1.29, 1.82) is 0 Å². The standard InChI is InChI=1S/C17H23BrN2S/c1-5-15-12(3)21-16(20-15)17(4,19-6-2)11-13-7-9-14(18)10-8-13/h7-10,19H,5-6,11H2,1-4H3. The van der Waals surface area contributed by atoms with Crippen molar-refractivity contribution < 1.29 is 0 Å². The highest BCUT2D eigenvalue weighted by Crippen LogP contribution is 2.31. The molecule has 1 aromatic carbocycles. The molecule has 0 aliphatic rings. The van der Waals surface area contributed by atoms with E-state index >= 15 is 0 Å². The van der Waals surface area contributed by atoms with Crippen LogP contribution in [0.5, 0.6) is 0 Å². The zero-order valence-electron chi connectivity index (χ0n) is 13.2. The van der Waals surface area contributed by atoms with E-state index in [1.165, 1.54) is 21.1 Å². The van der Waals surface area contributed by atoms with E-state index in [0.717, 1.165) is 23.9 Å². The highest BCUT2D eigenvalue weighted by atomic mass is 79.9. The van der Waals surface area contributed by atoms with Gasteiger partial charge in [-0.3, -0.25) is 0 Å². The van der Waals surface area contributed by atoms with Crippen molar-refractivity contribution in [3.8, 4) is 0 Å². The molecule has 21 heavy (non-hydrogen) atoms. The maximum atomic E-state index is 4.88. The molecule has 1 atom stereocenters. The topological polar surface area (TPSA) is 24.9 Å². The largest absolute Gasteiger partial charge is 0.306 e. The van der Waals surface area contributed by atoms with Crippen LogP contribution in [-0.4, -0.2) is 11.5 Å². The molecular weight excluding hydrogens is 344 g/mol. The summed E-state index contributed by atoms with van der Waals surface area (Å²) in [7, 11) is 0. The Morgan fingerprint density at radius 3 is 2.43 bits per heavy atom. The van der Waals surface area contributed by atoms with Gasteiger partial charge in [-0.1, -0.05) is 41.9 Å². The molecule has 0 amide bonds. The third-order valence-electron chi connectivity index (χ3n) is 3.74. The van der Waals surface area contributed by atoms with Gasteiger partial charge in [-0.05, 0) is 50.9 Å². The van der Waals surface area contributed by atoms with Crippen LogP contribution in [0.1, 0.15) is 41.9 Å². The molecule has 2 rings (SSSR count). The smallest absolute Gasteiger partial charge is 0.113 e. The van der Waals surface area contributed by atoms with E-state index in [1.54, 1.807) is 0 Å². The van der Waals surface area contributed by atoms with Crippen molar-refractivity contribution in [1.82, 2.24) is 10.3 Å². The lowest BCUT2D eigenvalue weighted by atomic mass is 9.93. The van der Waals surface area contributed by atoms with Crippen LogP contribution in [0, 0.1) is 6.92 Å². The molecule has 0 aliphatic heterocycles. The lowest BCUT2D eigenvalue weighted by Gasteiger charge is -2.28. The van der Waals surface area contributed by atoms with E-state index in [-0.39, 0.29) is 5.54 Å². The third-order valence-corrected chi connectivity index (χ3v) is 5.54. The van der Waals surface area contributed by atoms with Crippen molar-refractivity contribution in [3.63, 3.8) is 0 Å². The number of halogens is 1. The quantitative estimate of drug-likeness (QED) is 0.790. The molecule has 0 saturated heterocycles. The fraction of sp³-hybridized carbons (Fsp3) is 0.471. The molecule has 4 heteroatoms. The van der Waals surface area contributed by atoms with Gasteiger partial charge in [0, 0.05) is 9.35 Å². The molecule has 2 nitrogen and oxygen atoms in total. The second kappa shape index (κ2) is 7.03. The monoisotopic (exact) mass is 366 g/mol. The number of aryl methyl sites for hydroxylation is 2. The van der Waals surface area contributed by atoms with Crippen molar-refractivity contribution in [2.75, 3.05) is 6.54 Å². The molecule has 2 aromatic rings. The molecule has 0 spiro atoms. The van der Waals surface area contributed by atoms with Crippen LogP contribution < -0.4 is 5.32 Å². The number of rotatable bonds is 6. The molecule has 0 saturated carbocycles. The highest BCUT2D eigenvalue weighted by molar-refractivity contribution is 9.10. The van der Waals surface area contributed by atoms with Gasteiger partial charge in [0.1, 0.15) is 5.01 Å². The fourth-order valence-electron chi connectivity index (χ4n) is 2.61. The summed E-state index contributed by atoms with van der Waals surface area (Å²) in [6.07, 6.45) is 1.95. The first kappa shape index (κ1) is 16.7. The van der Waals surface area contributed by atoms with Crippen LogP contribution in [0.4, 0.5) is 0 Å². The summed E-state index contributed by atoms with van der Waals surface area (Å²) in [6, 6.07) is 8.57. The first-order valence-electron chi connectivity index (χ1n) is 7.44. The first-order valence-corrected chi connectivity index (χ1v) is 9.05. The number of hydrogen-bond acceptors (Lipinski definition) is 3. The zero-order valence-corrected chi connectivity index (χ0v) is 15.6. The van der Waals surface area contributed by atoms with Crippen LogP contribution in [0.2, 0.25) is 0 Å². The SMILES string of the molecule is CCNC(C)(Cc1ccc(Br)cc1)c1nc(CC)c(C)s1. The maximum absolute atomic E-state index is 4.88. The summed E-state index contributed by atoms with van der Waals surface area (Å²) in [5.74, 6) is 0. The Labute approximate surface area is 140 Å². The van der Waals surface area contributed by atoms with Gasteiger partial charge >= 0.3 is 0 Å². The van der Waals surface area contributed by atoms with Crippen LogP contribution >= 0.6 is 27.3 Å². The molecule has 1 unspecified atom stereocenters. The summed E-state index contributed by atoms with van der Waals surface area (Å²) in [4.78, 5) is 6.22. The highest BCUT2D eigenvalue weighted by Gasteiger charge is 2.30. The van der Waals surface area contributed by atoms with Gasteiger partial charge in [-0.2, -0.15) is 0 Å². The van der Waals surface area contributed by atoms with Crippen LogP contribution in [0.3, 0.4) is 0 Å². The van der Waals surface area contributed by atoms with E-state index in [0.29, 0.717) is 0 Å². The Bertz CT molecular complexity index is 591. The molecule has 0 bridgehead atoms. The normalized spacial score (nSPS) is 14.1. The van der Waals surface area contributed by atoms with E-state index < -0.39 is 0 Å². The van der Waals surface area contributed by atoms with E-state index in [2.05, 4.69) is 73.2 Å². The van der Waals surface area contributed by atoms with Gasteiger partial charge in [0.2, 0.25) is 0 Å². The second-order valence-electron chi connectivity index (χ2n) is 5.54. The van der Waals surface area contributed by atoms with Gasteiger partial charge in [0.15, 0.2) is 0 Å². The third kappa shape index (κ3) is 3.93. The summed E-state index contributed by atoms with van der Waals surface area (Å²) in [6.45, 7) is 9.70. The van der Waals surface area contributed by atoms with Gasteiger partial charge in [-0.25, -0.2) is 4.98 Å². The Hall–Kier alpha value is -0.710. The minimum atomic E-state index is -0.106. The van der Waals surface area contributed by atoms with E-state index in [9.17, 15) is 0 Å². The fourth-order valence-corrected chi connectivity index (χ4v) is 3.99. The average molecular weight is 367 g/mol. The predicted molar refractivity (Wildman–Crippen MR) is 95.1 cm³/mol. The number of hydrogen-bond donors (Lipinski definition) is 1. The number of nitrogens with zero attached hydrogens (tertiary/aromatic N) is 1. The Morgan fingerprint density at radius 1 is 1.24 bits per heavy atom. The van der Waals surface area contributed by atoms with Gasteiger partial charge in [-0.15, -0.1) is 11.3 Å². The molecule has 0 radical (unpaired) electrons. The van der Waals surface area contributed by atoms with Gasteiger partial charge in [0.05, 0.1) is 11.2 Å². The van der Waals surface area contributed by atoms with Crippen molar-refractivity contribution >= 4 is 27.3 Å². The number of aromatic nitrogens is 1. The van der Waals surface area contributed by atoms with Gasteiger partial charge in [0.25, 0.3) is 0 Å². The number of thiazole rings is 1. The molecule has 0 fully saturated rings. The van der Waals surface area contributed by atoms with Crippen LogP contribution in [0.25, 0.3) is 0 Å². The molecule has 0 aliphatic carbocycles. The number of nitrogens with one attached hydrogen (secondary N) is 1. The van der Waals surface area contributed by atoms with Crippen molar-refractivity contribution in [2.45, 2.75) is 46.1 Å². The zero-order chi connectivity index (χ0) is 15.5. The Kier molecular flexibility index (Phi) is 5.58. The minimum Gasteiger partial charge on any atom is -0.306 e. The van der Waals surface area contributed by atoms with E-state index in [4.69, 9.17) is 4.98 Å². The van der Waals surface area contributed by atoms with Crippen molar-refractivity contribution in [3.05, 3.63) is 49.9 Å². The molecular formula is C17H23BrN2S. The summed E-state index contributed by atoms with van der Waals surface area (Å²) < 4.78 is 1.12. The second-order valence-corrected chi connectivity index (χ2v) is 7.66. The molecule has 1 N–H and O–H groups in total. The summed E-state index contributed by atoms with van der Waals surface area (Å²) in [5.41, 5.74) is 2.45.